The normalized spacial score (nSPS) is 10.3. The summed E-state index contributed by atoms with van der Waals surface area (Å²) in [7, 11) is 1.56. The zero-order valence-electron chi connectivity index (χ0n) is 9.74. The predicted octanol–water partition coefficient (Wildman–Crippen LogP) is 3.51. The number of benzene rings is 1. The minimum Gasteiger partial charge on any atom is -0.495 e. The zero-order chi connectivity index (χ0) is 14.0. The molecule has 1 heterocycles. The van der Waals surface area contributed by atoms with Crippen molar-refractivity contribution in [3.8, 4) is 5.75 Å². The fraction of sp³-hybridized carbons (Fsp3) is 0.0909. The average Bonchev–Trinajstić information content (AvgIpc) is 2.79. The van der Waals surface area contributed by atoms with Crippen LogP contribution in [0.4, 0.5) is 10.8 Å². The van der Waals surface area contributed by atoms with Gasteiger partial charge in [-0.25, -0.2) is 4.98 Å². The molecule has 0 saturated carbocycles. The monoisotopic (exact) mass is 405 g/mol. The van der Waals surface area contributed by atoms with Gasteiger partial charge in [-0.1, -0.05) is 0 Å². The third-order valence-corrected chi connectivity index (χ3v) is 4.19. The Morgan fingerprint density at radius 1 is 1.42 bits per heavy atom. The summed E-state index contributed by atoms with van der Waals surface area (Å²) in [5.74, 6) is 0.300. The van der Waals surface area contributed by atoms with Crippen molar-refractivity contribution in [1.82, 2.24) is 4.98 Å². The van der Waals surface area contributed by atoms with Gasteiger partial charge in [0.1, 0.15) is 11.4 Å². The summed E-state index contributed by atoms with van der Waals surface area (Å²) in [5, 5.41) is 4.71. The fourth-order valence-electron chi connectivity index (χ4n) is 1.36. The third kappa shape index (κ3) is 3.26. The molecule has 0 atom stereocenters. The number of amides is 1. The molecule has 0 aliphatic carbocycles. The number of hydrogen-bond acceptors (Lipinski definition) is 5. The van der Waals surface area contributed by atoms with E-state index in [1.165, 1.54) is 11.3 Å². The molecule has 0 aliphatic heterocycles. The van der Waals surface area contributed by atoms with Crippen molar-refractivity contribution in [1.29, 1.82) is 0 Å². The molecule has 100 valence electrons. The van der Waals surface area contributed by atoms with Crippen molar-refractivity contribution in [3.63, 3.8) is 0 Å². The number of ether oxygens (including phenoxy) is 1. The molecule has 0 aliphatic rings. The van der Waals surface area contributed by atoms with E-state index in [0.29, 0.717) is 16.6 Å². The van der Waals surface area contributed by atoms with Crippen LogP contribution in [0.25, 0.3) is 0 Å². The molecular formula is C11H9Br2N3O2S. The molecule has 0 radical (unpaired) electrons. The number of nitrogens with two attached hydrogens (primary N) is 1. The van der Waals surface area contributed by atoms with Gasteiger partial charge in [0, 0.05) is 15.9 Å². The fourth-order valence-corrected chi connectivity index (χ4v) is 3.16. The lowest BCUT2D eigenvalue weighted by atomic mass is 10.3. The van der Waals surface area contributed by atoms with Gasteiger partial charge < -0.3 is 15.8 Å². The van der Waals surface area contributed by atoms with Gasteiger partial charge in [-0.15, -0.1) is 11.3 Å². The number of nitrogen functional groups attached to an aromatic ring is 1. The summed E-state index contributed by atoms with van der Waals surface area (Å²) < 4.78 is 6.70. The maximum Gasteiger partial charge on any atom is 0.275 e. The molecule has 1 amide bonds. The van der Waals surface area contributed by atoms with Crippen LogP contribution in [0.2, 0.25) is 0 Å². The van der Waals surface area contributed by atoms with Gasteiger partial charge in [0.15, 0.2) is 5.13 Å². The number of anilines is 2. The van der Waals surface area contributed by atoms with Gasteiger partial charge >= 0.3 is 0 Å². The van der Waals surface area contributed by atoms with Crippen molar-refractivity contribution in [2.75, 3.05) is 18.2 Å². The molecule has 0 spiro atoms. The van der Waals surface area contributed by atoms with E-state index < -0.39 is 0 Å². The molecule has 0 unspecified atom stereocenters. The maximum absolute atomic E-state index is 12.0. The van der Waals surface area contributed by atoms with E-state index in [9.17, 15) is 4.79 Å². The Morgan fingerprint density at radius 2 is 2.16 bits per heavy atom. The number of carbonyl (C=O) groups is 1. The van der Waals surface area contributed by atoms with E-state index in [4.69, 9.17) is 10.5 Å². The lowest BCUT2D eigenvalue weighted by Gasteiger charge is -2.10. The first-order valence-corrected chi connectivity index (χ1v) is 7.53. The number of nitrogens with zero attached hydrogens (tertiary/aromatic N) is 1. The summed E-state index contributed by atoms with van der Waals surface area (Å²) in [4.78, 5) is 15.9. The highest BCUT2D eigenvalue weighted by Crippen LogP contribution is 2.34. The molecule has 0 saturated heterocycles. The number of hydrogen-bond donors (Lipinski definition) is 2. The van der Waals surface area contributed by atoms with Crippen LogP contribution < -0.4 is 15.8 Å². The van der Waals surface area contributed by atoms with Crippen LogP contribution in [0, 0.1) is 0 Å². The second kappa shape index (κ2) is 5.89. The van der Waals surface area contributed by atoms with Crippen LogP contribution in [0.5, 0.6) is 5.75 Å². The third-order valence-electron chi connectivity index (χ3n) is 2.24. The molecule has 5 nitrogen and oxygen atoms in total. The zero-order valence-corrected chi connectivity index (χ0v) is 13.7. The molecule has 3 N–H and O–H groups in total. The van der Waals surface area contributed by atoms with Crippen LogP contribution in [0.1, 0.15) is 10.5 Å². The lowest BCUT2D eigenvalue weighted by Crippen LogP contribution is -2.13. The highest BCUT2D eigenvalue weighted by Gasteiger charge is 2.13. The Labute approximate surface area is 130 Å². The summed E-state index contributed by atoms with van der Waals surface area (Å²) >= 11 is 7.95. The van der Waals surface area contributed by atoms with E-state index >= 15 is 0 Å². The average molecular weight is 407 g/mol. The van der Waals surface area contributed by atoms with Crippen molar-refractivity contribution in [2.45, 2.75) is 0 Å². The Morgan fingerprint density at radius 3 is 2.74 bits per heavy atom. The number of rotatable bonds is 3. The Bertz CT molecular complexity index is 630. The van der Waals surface area contributed by atoms with E-state index in [2.05, 4.69) is 42.2 Å². The molecule has 2 rings (SSSR count). The number of halogens is 2. The van der Waals surface area contributed by atoms with Crippen LogP contribution in [-0.2, 0) is 0 Å². The van der Waals surface area contributed by atoms with Crippen LogP contribution in [0.15, 0.2) is 26.5 Å². The molecule has 1 aromatic heterocycles. The topological polar surface area (TPSA) is 77.2 Å². The van der Waals surface area contributed by atoms with Gasteiger partial charge in [-0.3, -0.25) is 4.79 Å². The number of thiazole rings is 1. The van der Waals surface area contributed by atoms with Crippen molar-refractivity contribution in [2.24, 2.45) is 0 Å². The van der Waals surface area contributed by atoms with Gasteiger partial charge in [-0.2, -0.15) is 0 Å². The summed E-state index contributed by atoms with van der Waals surface area (Å²) in [5.41, 5.74) is 6.38. The molecule has 0 bridgehead atoms. The van der Waals surface area contributed by atoms with Crippen LogP contribution in [-0.4, -0.2) is 18.0 Å². The van der Waals surface area contributed by atoms with E-state index in [-0.39, 0.29) is 11.6 Å². The molecule has 1 aromatic carbocycles. The minimum absolute atomic E-state index is 0.288. The molecule has 0 fully saturated rings. The minimum atomic E-state index is -0.321. The predicted molar refractivity (Wildman–Crippen MR) is 82.9 cm³/mol. The highest BCUT2D eigenvalue weighted by molar-refractivity contribution is 9.11. The quantitative estimate of drug-likeness (QED) is 0.817. The Kier molecular flexibility index (Phi) is 4.43. The summed E-state index contributed by atoms with van der Waals surface area (Å²) in [6.45, 7) is 0. The second-order valence-corrected chi connectivity index (χ2v) is 6.09. The molecule has 19 heavy (non-hydrogen) atoms. The number of methoxy groups -OCH3 is 1. The number of carbonyl (C=O) groups excluding carboxylic acids is 1. The first kappa shape index (κ1) is 14.3. The van der Waals surface area contributed by atoms with Gasteiger partial charge in [0.25, 0.3) is 5.91 Å². The summed E-state index contributed by atoms with van der Waals surface area (Å²) in [6.07, 6.45) is 0. The second-order valence-electron chi connectivity index (χ2n) is 3.49. The van der Waals surface area contributed by atoms with Crippen molar-refractivity contribution in [3.05, 3.63) is 32.2 Å². The van der Waals surface area contributed by atoms with Crippen LogP contribution >= 0.6 is 43.2 Å². The standard InChI is InChI=1S/C11H9Br2N3O2S/c1-18-9-3-7(5(12)2-6(9)13)15-10(17)8-4-19-11(14)16-8/h2-4H,1H3,(H2,14,16)(H,15,17). The largest absolute Gasteiger partial charge is 0.495 e. The van der Waals surface area contributed by atoms with Gasteiger partial charge in [0.05, 0.1) is 17.3 Å². The van der Waals surface area contributed by atoms with Crippen LogP contribution in [0.3, 0.4) is 0 Å². The first-order valence-electron chi connectivity index (χ1n) is 5.06. The van der Waals surface area contributed by atoms with E-state index in [0.717, 1.165) is 8.95 Å². The molecule has 2 aromatic rings. The summed E-state index contributed by atoms with van der Waals surface area (Å²) in [6, 6.07) is 3.51. The van der Waals surface area contributed by atoms with Crippen molar-refractivity contribution >= 4 is 59.9 Å². The Balaban J connectivity index is 2.26. The molecule has 8 heteroatoms. The van der Waals surface area contributed by atoms with E-state index in [1.54, 1.807) is 24.6 Å². The Hall–Kier alpha value is -1.12. The molecular weight excluding hydrogens is 398 g/mol. The number of nitrogens with one attached hydrogen (secondary N) is 1. The van der Waals surface area contributed by atoms with Gasteiger partial charge in [0.2, 0.25) is 0 Å². The van der Waals surface area contributed by atoms with Crippen molar-refractivity contribution < 1.29 is 9.53 Å². The smallest absolute Gasteiger partial charge is 0.275 e. The maximum atomic E-state index is 12.0. The SMILES string of the molecule is COc1cc(NC(=O)c2csc(N)n2)c(Br)cc1Br. The number of aromatic nitrogens is 1. The van der Waals surface area contributed by atoms with Gasteiger partial charge in [-0.05, 0) is 37.9 Å². The lowest BCUT2D eigenvalue weighted by molar-refractivity contribution is 0.102. The van der Waals surface area contributed by atoms with E-state index in [1.807, 2.05) is 0 Å². The first-order chi connectivity index (χ1) is 9.01. The highest BCUT2D eigenvalue weighted by atomic mass is 79.9.